The summed E-state index contributed by atoms with van der Waals surface area (Å²) in [4.78, 5) is 31.7. The molecule has 0 saturated carbocycles. The van der Waals surface area contributed by atoms with Gasteiger partial charge in [-0.2, -0.15) is 0 Å². The number of carbonyl (C=O) groups is 2. The van der Waals surface area contributed by atoms with Crippen LogP contribution in [0.5, 0.6) is 11.5 Å². The Bertz CT molecular complexity index is 697. The number of amides is 2. The van der Waals surface area contributed by atoms with E-state index in [1.54, 1.807) is 7.11 Å². The zero-order chi connectivity index (χ0) is 17.4. The highest BCUT2D eigenvalue weighted by atomic mass is 16.7. The minimum absolute atomic E-state index is 0.0441. The summed E-state index contributed by atoms with van der Waals surface area (Å²) in [5, 5.41) is 1.53. The monoisotopic (exact) mass is 346 g/mol. The lowest BCUT2D eigenvalue weighted by Crippen LogP contribution is -2.53. The molecule has 0 N–H and O–H groups in total. The zero-order valence-corrected chi connectivity index (χ0v) is 14.3. The molecule has 3 heterocycles. The van der Waals surface area contributed by atoms with Crippen LogP contribution in [0, 0.1) is 0 Å². The van der Waals surface area contributed by atoms with Crippen LogP contribution in [0.1, 0.15) is 31.2 Å². The summed E-state index contributed by atoms with van der Waals surface area (Å²) < 4.78 is 10.7. The van der Waals surface area contributed by atoms with Crippen molar-refractivity contribution in [3.05, 3.63) is 23.8 Å². The van der Waals surface area contributed by atoms with E-state index in [2.05, 4.69) is 0 Å². The Morgan fingerprint density at radius 3 is 2.72 bits per heavy atom. The van der Waals surface area contributed by atoms with Crippen molar-refractivity contribution in [3.63, 3.8) is 0 Å². The Kier molecular flexibility index (Phi) is 4.03. The highest BCUT2D eigenvalue weighted by Gasteiger charge is 2.48. The van der Waals surface area contributed by atoms with Gasteiger partial charge in [0, 0.05) is 19.5 Å². The molecule has 4 rings (SSSR count). The maximum absolute atomic E-state index is 12.6. The van der Waals surface area contributed by atoms with Gasteiger partial charge in [0.1, 0.15) is 0 Å². The summed E-state index contributed by atoms with van der Waals surface area (Å²) in [6.07, 6.45) is 3.21. The molecule has 0 bridgehead atoms. The van der Waals surface area contributed by atoms with E-state index in [-0.39, 0.29) is 24.1 Å². The van der Waals surface area contributed by atoms with Gasteiger partial charge < -0.3 is 14.4 Å². The molecule has 0 aromatic heterocycles. The van der Waals surface area contributed by atoms with Crippen molar-refractivity contribution in [2.24, 2.45) is 0 Å². The van der Waals surface area contributed by atoms with E-state index < -0.39 is 0 Å². The van der Waals surface area contributed by atoms with Gasteiger partial charge in [-0.25, -0.2) is 5.06 Å². The summed E-state index contributed by atoms with van der Waals surface area (Å²) in [6, 6.07) is 5.61. The van der Waals surface area contributed by atoms with Gasteiger partial charge in [0.15, 0.2) is 11.5 Å². The first-order valence-corrected chi connectivity index (χ1v) is 8.65. The quantitative estimate of drug-likeness (QED) is 0.830. The largest absolute Gasteiger partial charge is 0.454 e. The smallest absolute Gasteiger partial charge is 0.246 e. The molecular weight excluding hydrogens is 324 g/mol. The Balaban J connectivity index is 1.38. The second-order valence-electron chi connectivity index (χ2n) is 6.84. The Labute approximate surface area is 146 Å². The molecule has 3 aliphatic rings. The van der Waals surface area contributed by atoms with Crippen molar-refractivity contribution >= 4 is 11.8 Å². The van der Waals surface area contributed by atoms with E-state index in [4.69, 9.17) is 14.3 Å². The molecule has 7 nitrogen and oxygen atoms in total. The highest BCUT2D eigenvalue weighted by Crippen LogP contribution is 2.39. The molecule has 2 fully saturated rings. The number of hydrogen-bond donors (Lipinski definition) is 0. The third kappa shape index (κ3) is 2.82. The number of likely N-dealkylation sites (tertiary alicyclic amines) is 1. The van der Waals surface area contributed by atoms with Crippen molar-refractivity contribution < 1.29 is 23.9 Å². The van der Waals surface area contributed by atoms with Gasteiger partial charge >= 0.3 is 0 Å². The molecule has 0 unspecified atom stereocenters. The summed E-state index contributed by atoms with van der Waals surface area (Å²) in [6.45, 7) is 1.53. The van der Waals surface area contributed by atoms with Crippen LogP contribution in [0.25, 0.3) is 0 Å². The van der Waals surface area contributed by atoms with Crippen LogP contribution in [0.4, 0.5) is 0 Å². The van der Waals surface area contributed by atoms with Crippen molar-refractivity contribution in [3.8, 4) is 11.5 Å². The number of carbonyl (C=O) groups excluding carboxylic acids is 2. The van der Waals surface area contributed by atoms with E-state index in [9.17, 15) is 9.59 Å². The molecular formula is C18H22N2O5. The van der Waals surface area contributed by atoms with Gasteiger partial charge in [-0.05, 0) is 37.0 Å². The molecule has 0 radical (unpaired) electrons. The molecule has 1 aromatic carbocycles. The lowest BCUT2D eigenvalue weighted by molar-refractivity contribution is -0.202. The first-order chi connectivity index (χ1) is 12.1. The molecule has 3 aliphatic heterocycles. The Morgan fingerprint density at radius 2 is 1.96 bits per heavy atom. The van der Waals surface area contributed by atoms with Crippen molar-refractivity contribution in [1.29, 1.82) is 0 Å². The van der Waals surface area contributed by atoms with Gasteiger partial charge in [-0.1, -0.05) is 6.07 Å². The number of hydrogen-bond acceptors (Lipinski definition) is 5. The average Bonchev–Trinajstić information content (AvgIpc) is 3.20. The Morgan fingerprint density at radius 1 is 1.20 bits per heavy atom. The number of rotatable bonds is 3. The standard InChI is InChI=1S/C18H22N2O5/c1-23-20-16(21)4-5-18(20)6-8-19(9-7-18)17(22)11-13-2-3-14-15(10-13)25-12-24-14/h2-3,10H,4-9,11-12H2,1H3. The van der Waals surface area contributed by atoms with Gasteiger partial charge in [-0.15, -0.1) is 0 Å². The lowest BCUT2D eigenvalue weighted by Gasteiger charge is -2.43. The van der Waals surface area contributed by atoms with Gasteiger partial charge in [-0.3, -0.25) is 14.4 Å². The normalized spacial score (nSPS) is 21.2. The highest BCUT2D eigenvalue weighted by molar-refractivity contribution is 5.80. The van der Waals surface area contributed by atoms with Crippen LogP contribution >= 0.6 is 0 Å². The second-order valence-corrected chi connectivity index (χ2v) is 6.84. The molecule has 2 saturated heterocycles. The van der Waals surface area contributed by atoms with Crippen molar-refractivity contribution in [2.45, 2.75) is 37.6 Å². The molecule has 1 aromatic rings. The zero-order valence-electron chi connectivity index (χ0n) is 14.3. The van der Waals surface area contributed by atoms with Crippen LogP contribution in [0.2, 0.25) is 0 Å². The number of nitrogens with zero attached hydrogens (tertiary/aromatic N) is 2. The molecule has 2 amide bonds. The van der Waals surface area contributed by atoms with Crippen LogP contribution in [0.3, 0.4) is 0 Å². The number of piperidine rings is 1. The summed E-state index contributed by atoms with van der Waals surface area (Å²) in [5.41, 5.74) is 0.686. The molecule has 0 aliphatic carbocycles. The fourth-order valence-corrected chi connectivity index (χ4v) is 4.07. The van der Waals surface area contributed by atoms with Crippen LogP contribution in [0.15, 0.2) is 18.2 Å². The predicted octanol–water partition coefficient (Wildman–Crippen LogP) is 1.50. The SMILES string of the molecule is CON1C(=O)CCC12CCN(C(=O)Cc1ccc3c(c1)OCO3)CC2. The Hall–Kier alpha value is -2.28. The first-order valence-electron chi connectivity index (χ1n) is 8.65. The van der Waals surface area contributed by atoms with Crippen LogP contribution < -0.4 is 9.47 Å². The summed E-state index contributed by atoms with van der Waals surface area (Å²) in [7, 11) is 1.54. The van der Waals surface area contributed by atoms with E-state index in [1.807, 2.05) is 23.1 Å². The third-order valence-electron chi connectivity index (χ3n) is 5.48. The topological polar surface area (TPSA) is 68.3 Å². The fourth-order valence-electron chi connectivity index (χ4n) is 4.07. The molecule has 134 valence electrons. The fraction of sp³-hybridized carbons (Fsp3) is 0.556. The molecule has 0 atom stereocenters. The molecule has 25 heavy (non-hydrogen) atoms. The molecule has 1 spiro atoms. The average molecular weight is 346 g/mol. The summed E-state index contributed by atoms with van der Waals surface area (Å²) in [5.74, 6) is 1.56. The maximum Gasteiger partial charge on any atom is 0.246 e. The second kappa shape index (κ2) is 6.22. The van der Waals surface area contributed by atoms with Gasteiger partial charge in [0.2, 0.25) is 18.6 Å². The number of ether oxygens (including phenoxy) is 2. The first kappa shape index (κ1) is 16.2. The lowest BCUT2D eigenvalue weighted by atomic mass is 9.86. The van der Waals surface area contributed by atoms with Gasteiger partial charge in [0.05, 0.1) is 19.1 Å². The maximum atomic E-state index is 12.6. The van der Waals surface area contributed by atoms with E-state index >= 15 is 0 Å². The van der Waals surface area contributed by atoms with Crippen LogP contribution in [-0.4, -0.2) is 54.3 Å². The number of fused-ring (bicyclic) bond motifs is 1. The predicted molar refractivity (Wildman–Crippen MR) is 87.9 cm³/mol. The third-order valence-corrected chi connectivity index (χ3v) is 5.48. The minimum atomic E-state index is -0.235. The van der Waals surface area contributed by atoms with Gasteiger partial charge in [0.25, 0.3) is 0 Å². The minimum Gasteiger partial charge on any atom is -0.454 e. The van der Waals surface area contributed by atoms with Crippen molar-refractivity contribution in [1.82, 2.24) is 9.96 Å². The van der Waals surface area contributed by atoms with Crippen LogP contribution in [-0.2, 0) is 20.8 Å². The molecule has 7 heteroatoms. The summed E-state index contributed by atoms with van der Waals surface area (Å²) >= 11 is 0. The number of benzene rings is 1. The van der Waals surface area contributed by atoms with E-state index in [0.717, 1.165) is 30.6 Å². The van der Waals surface area contributed by atoms with E-state index in [1.165, 1.54) is 5.06 Å². The van der Waals surface area contributed by atoms with Crippen molar-refractivity contribution in [2.75, 3.05) is 27.0 Å². The van der Waals surface area contributed by atoms with E-state index in [0.29, 0.717) is 31.7 Å². The number of hydroxylamine groups is 2.